The zero-order valence-corrected chi connectivity index (χ0v) is 26.3. The number of aromatic nitrogens is 2. The monoisotopic (exact) mass is 614 g/mol. The third-order valence-corrected chi connectivity index (χ3v) is 9.73. The number of nitrogens with zero attached hydrogens (tertiary/aromatic N) is 6. The number of anilines is 6. The fourth-order valence-electron chi connectivity index (χ4n) is 5.48. The molecular weight excluding hydrogens is 575 g/mol. The molecule has 13 heteroatoms. The molecule has 3 aromatic rings. The molecule has 0 aliphatic carbocycles. The second-order valence-corrected chi connectivity index (χ2v) is 13.6. The Morgan fingerprint density at radius 1 is 1.05 bits per heavy atom. The number of nitrogens with one attached hydrogen (secondary N) is 2. The van der Waals surface area contributed by atoms with Crippen molar-refractivity contribution in [2.24, 2.45) is 0 Å². The molecule has 0 radical (unpaired) electrons. The Kier molecular flexibility index (Phi) is 9.44. The quantitative estimate of drug-likeness (QED) is 0.280. The van der Waals surface area contributed by atoms with Gasteiger partial charge in [-0.1, -0.05) is 23.7 Å². The van der Waals surface area contributed by atoms with E-state index in [4.69, 9.17) is 16.3 Å². The Hall–Kier alpha value is -3.08. The lowest BCUT2D eigenvalue weighted by Crippen LogP contribution is -2.52. The highest BCUT2D eigenvalue weighted by atomic mass is 35.5. The van der Waals surface area contributed by atoms with Crippen LogP contribution in [0.5, 0.6) is 5.75 Å². The van der Waals surface area contributed by atoms with E-state index < -0.39 is 7.52 Å². The topological polar surface area (TPSA) is 109 Å². The van der Waals surface area contributed by atoms with Crippen LogP contribution in [0.15, 0.2) is 48.7 Å². The van der Waals surface area contributed by atoms with Crippen molar-refractivity contribution in [1.29, 1.82) is 0 Å². The number of hydrogen-bond acceptors (Lipinski definition) is 9. The van der Waals surface area contributed by atoms with Crippen LogP contribution < -0.4 is 24.9 Å². The van der Waals surface area contributed by atoms with Gasteiger partial charge in [-0.2, -0.15) is 4.98 Å². The number of methoxy groups -OCH3 is 1. The molecule has 0 spiro atoms. The zero-order chi connectivity index (χ0) is 29.9. The van der Waals surface area contributed by atoms with Crippen LogP contribution in [0.4, 0.5) is 34.5 Å². The molecule has 0 bridgehead atoms. The third-order valence-electron chi connectivity index (χ3n) is 8.12. The van der Waals surface area contributed by atoms with Crippen molar-refractivity contribution in [3.05, 3.63) is 53.7 Å². The summed E-state index contributed by atoms with van der Waals surface area (Å²) in [5.41, 5.74) is 2.99. The second-order valence-electron chi connectivity index (χ2n) is 11.0. The summed E-state index contributed by atoms with van der Waals surface area (Å²) in [7, 11) is 1.91. The summed E-state index contributed by atoms with van der Waals surface area (Å²) in [6.45, 7) is 7.94. The number of likely N-dealkylation sites (N-methyl/N-ethyl adjacent to an activating group) is 1. The Bertz CT molecular complexity index is 1420. The molecule has 42 heavy (non-hydrogen) atoms. The summed E-state index contributed by atoms with van der Waals surface area (Å²) in [4.78, 5) is 26.5. The average molecular weight is 615 g/mol. The van der Waals surface area contributed by atoms with E-state index in [9.17, 15) is 9.46 Å². The fourth-order valence-corrected chi connectivity index (χ4v) is 6.19. The van der Waals surface area contributed by atoms with E-state index in [1.54, 1.807) is 32.4 Å². The molecule has 0 saturated carbocycles. The van der Waals surface area contributed by atoms with Crippen molar-refractivity contribution in [3.63, 3.8) is 0 Å². The summed E-state index contributed by atoms with van der Waals surface area (Å²) in [5.74, 6) is 1.38. The molecule has 226 valence electrons. The van der Waals surface area contributed by atoms with Crippen molar-refractivity contribution in [3.8, 4) is 5.75 Å². The first-order valence-electron chi connectivity index (χ1n) is 14.2. The van der Waals surface area contributed by atoms with E-state index in [1.807, 2.05) is 12.1 Å². The Morgan fingerprint density at radius 3 is 2.45 bits per heavy atom. The minimum Gasteiger partial charge on any atom is -0.494 e. The highest BCUT2D eigenvalue weighted by Crippen LogP contribution is 2.46. The lowest BCUT2D eigenvalue weighted by molar-refractivity contribution is 0.0982. The van der Waals surface area contributed by atoms with Gasteiger partial charge < -0.3 is 34.7 Å². The van der Waals surface area contributed by atoms with Gasteiger partial charge in [-0.05, 0) is 44.2 Å². The van der Waals surface area contributed by atoms with E-state index >= 15 is 0 Å². The predicted octanol–water partition coefficient (Wildman–Crippen LogP) is 5.09. The van der Waals surface area contributed by atoms with Crippen LogP contribution in [0.2, 0.25) is 5.02 Å². The summed E-state index contributed by atoms with van der Waals surface area (Å²) in [6.07, 6.45) is 3.83. The van der Waals surface area contributed by atoms with Gasteiger partial charge in [-0.15, -0.1) is 0 Å². The van der Waals surface area contributed by atoms with Crippen molar-refractivity contribution in [2.75, 3.05) is 87.3 Å². The normalized spacial score (nSPS) is 18.4. The van der Waals surface area contributed by atoms with E-state index in [-0.39, 0.29) is 0 Å². The lowest BCUT2D eigenvalue weighted by atomic mass is 10.0. The smallest absolute Gasteiger partial charge is 0.290 e. The lowest BCUT2D eigenvalue weighted by Gasteiger charge is -2.42. The first kappa shape index (κ1) is 30.4. The molecule has 3 N–H and O–H groups in total. The summed E-state index contributed by atoms with van der Waals surface area (Å²) < 4.78 is 19.4. The molecule has 2 aliphatic rings. The molecule has 2 aliphatic heterocycles. The van der Waals surface area contributed by atoms with Gasteiger partial charge in [0.2, 0.25) is 5.95 Å². The van der Waals surface area contributed by atoms with Gasteiger partial charge in [0.1, 0.15) is 10.8 Å². The number of rotatable bonds is 9. The average Bonchev–Trinajstić information content (AvgIpc) is 2.99. The van der Waals surface area contributed by atoms with Crippen molar-refractivity contribution >= 4 is 53.6 Å². The van der Waals surface area contributed by atoms with Crippen molar-refractivity contribution < 1.29 is 14.2 Å². The van der Waals surface area contributed by atoms with Gasteiger partial charge in [0, 0.05) is 70.8 Å². The number of benzene rings is 2. The number of hydrogen-bond donors (Lipinski definition) is 3. The first-order valence-corrected chi connectivity index (χ1v) is 16.6. The molecular formula is C29H40ClN8O3P. The molecule has 2 fully saturated rings. The predicted molar refractivity (Wildman–Crippen MR) is 172 cm³/mol. The first-order chi connectivity index (χ1) is 20.1. The number of ether oxygens (including phenoxy) is 1. The molecule has 1 unspecified atom stereocenters. The highest BCUT2D eigenvalue weighted by Gasteiger charge is 2.27. The van der Waals surface area contributed by atoms with E-state index in [1.165, 1.54) is 17.5 Å². The molecule has 1 aromatic heterocycles. The SMILES string of the molecule is COc1cc(N2CCC(N3CCN(C)CC3)CC2)ccc1Nc1ncc(Cl)c(Nc2ccccc2N(C)P(C)(=O)O)n1. The van der Waals surface area contributed by atoms with Gasteiger partial charge in [0.15, 0.2) is 5.82 Å². The maximum Gasteiger partial charge on any atom is 0.290 e. The summed E-state index contributed by atoms with van der Waals surface area (Å²) in [6, 6.07) is 14.0. The summed E-state index contributed by atoms with van der Waals surface area (Å²) in [5, 5.41) is 6.75. The van der Waals surface area contributed by atoms with Crippen LogP contribution in [0.3, 0.4) is 0 Å². The van der Waals surface area contributed by atoms with Gasteiger partial charge in [-0.25, -0.2) is 4.98 Å². The second kappa shape index (κ2) is 13.1. The van der Waals surface area contributed by atoms with Crippen molar-refractivity contribution in [1.82, 2.24) is 19.8 Å². The Labute approximate surface area is 253 Å². The molecule has 0 amide bonds. The Balaban J connectivity index is 1.27. The number of halogens is 1. The molecule has 1 atom stereocenters. The Morgan fingerprint density at radius 2 is 1.76 bits per heavy atom. The van der Waals surface area contributed by atoms with Crippen LogP contribution in [-0.4, -0.2) is 97.8 Å². The van der Waals surface area contributed by atoms with E-state index in [0.717, 1.165) is 63.5 Å². The molecule has 2 aromatic carbocycles. The van der Waals surface area contributed by atoms with Crippen LogP contribution in [0.25, 0.3) is 0 Å². The minimum absolute atomic E-state index is 0.309. The highest BCUT2D eigenvalue weighted by molar-refractivity contribution is 7.58. The molecule has 11 nitrogen and oxygen atoms in total. The van der Waals surface area contributed by atoms with E-state index in [0.29, 0.717) is 40.0 Å². The molecule has 3 heterocycles. The number of para-hydroxylation sites is 2. The van der Waals surface area contributed by atoms with Crippen LogP contribution in [0, 0.1) is 0 Å². The zero-order valence-electron chi connectivity index (χ0n) is 24.6. The van der Waals surface area contributed by atoms with E-state index in [2.05, 4.69) is 54.5 Å². The van der Waals surface area contributed by atoms with Gasteiger partial charge in [0.25, 0.3) is 7.52 Å². The van der Waals surface area contributed by atoms with Crippen LogP contribution in [0.1, 0.15) is 12.8 Å². The maximum atomic E-state index is 12.3. The standard InChI is InChI=1S/C29H40ClN8O3P/c1-35-15-17-38(18-16-35)21-11-13-37(14-12-21)22-9-10-25(27(19-22)41-3)33-29-31-20-23(30)28(34-29)32-24-7-5-6-8-26(24)36(2)42(4,39)40/h5-10,19-21H,11-18H2,1-4H3,(H,39,40)(H2,31,32,33,34). The molecule has 5 rings (SSSR count). The van der Waals surface area contributed by atoms with Gasteiger partial charge in [0.05, 0.1) is 30.4 Å². The summed E-state index contributed by atoms with van der Waals surface area (Å²) >= 11 is 6.43. The largest absolute Gasteiger partial charge is 0.494 e. The maximum absolute atomic E-state index is 12.3. The molecule has 2 saturated heterocycles. The third kappa shape index (κ3) is 7.10. The number of piperidine rings is 1. The fraction of sp³-hybridized carbons (Fsp3) is 0.448. The van der Waals surface area contributed by atoms with Gasteiger partial charge >= 0.3 is 0 Å². The van der Waals surface area contributed by atoms with Crippen LogP contribution >= 0.6 is 19.1 Å². The number of piperazine rings is 1. The minimum atomic E-state index is -3.52. The van der Waals surface area contributed by atoms with Gasteiger partial charge in [-0.3, -0.25) is 9.46 Å². The van der Waals surface area contributed by atoms with Crippen LogP contribution in [-0.2, 0) is 4.57 Å². The van der Waals surface area contributed by atoms with Crippen molar-refractivity contribution in [2.45, 2.75) is 18.9 Å².